The lowest BCUT2D eigenvalue weighted by molar-refractivity contribution is 0.545. The molecule has 0 aromatic carbocycles. The molecule has 27 heavy (non-hydrogen) atoms. The van der Waals surface area contributed by atoms with Crippen LogP contribution in [0.25, 0.3) is 0 Å². The lowest BCUT2D eigenvalue weighted by atomic mass is 10.1. The van der Waals surface area contributed by atoms with Crippen LogP contribution in [-0.4, -0.2) is 30.4 Å². The number of halogens is 2. The lowest BCUT2D eigenvalue weighted by Crippen LogP contribution is -2.27. The third-order valence-corrected chi connectivity index (χ3v) is 5.57. The highest BCUT2D eigenvalue weighted by molar-refractivity contribution is 7.09. The smallest absolute Gasteiger partial charge is 0.346 e. The first-order chi connectivity index (χ1) is 13.0. The molecular weight excluding hydrogens is 391 g/mol. The number of aryl methyl sites for hydroxylation is 2. The highest BCUT2D eigenvalue weighted by atomic mass is 35.5. The van der Waals surface area contributed by atoms with Crippen LogP contribution in [0.5, 0.6) is 0 Å². The Morgan fingerprint density at radius 3 is 3.04 bits per heavy atom. The fourth-order valence-electron chi connectivity index (χ4n) is 3.22. The molecule has 0 bridgehead atoms. The molecule has 4 heterocycles. The van der Waals surface area contributed by atoms with Gasteiger partial charge in [0, 0.05) is 30.6 Å². The van der Waals surface area contributed by atoms with Crippen molar-refractivity contribution in [3.05, 3.63) is 55.5 Å². The van der Waals surface area contributed by atoms with Crippen LogP contribution < -0.4 is 11.0 Å². The van der Waals surface area contributed by atoms with Crippen molar-refractivity contribution in [2.24, 2.45) is 0 Å². The second kappa shape index (κ2) is 7.40. The van der Waals surface area contributed by atoms with Crippen LogP contribution >= 0.6 is 22.9 Å². The van der Waals surface area contributed by atoms with E-state index >= 15 is 0 Å². The maximum Gasteiger partial charge on any atom is 0.346 e. The summed E-state index contributed by atoms with van der Waals surface area (Å²) in [5, 5.41) is 10.8. The Morgan fingerprint density at radius 2 is 2.30 bits per heavy atom. The Morgan fingerprint density at radius 1 is 1.44 bits per heavy atom. The van der Waals surface area contributed by atoms with Crippen molar-refractivity contribution in [1.29, 1.82) is 0 Å². The maximum atomic E-state index is 14.0. The normalized spacial score (nSPS) is 16.8. The fraction of sp³-hybridized carbons (Fsp3) is 0.412. The van der Waals surface area contributed by atoms with Gasteiger partial charge in [0.15, 0.2) is 11.6 Å². The molecule has 0 radical (unpaired) electrons. The molecule has 4 rings (SSSR count). The summed E-state index contributed by atoms with van der Waals surface area (Å²) in [4.78, 5) is 21.1. The van der Waals surface area contributed by atoms with E-state index in [9.17, 15) is 9.18 Å². The van der Waals surface area contributed by atoms with Gasteiger partial charge in [0.25, 0.3) is 0 Å². The third-order valence-electron chi connectivity index (χ3n) is 4.54. The van der Waals surface area contributed by atoms with Crippen LogP contribution in [0.1, 0.15) is 29.4 Å². The van der Waals surface area contributed by atoms with E-state index in [-0.39, 0.29) is 22.6 Å². The number of aromatic nitrogens is 5. The molecule has 3 aromatic rings. The number of nitrogens with zero attached hydrogens (tertiary/aromatic N) is 5. The molecule has 0 saturated heterocycles. The van der Waals surface area contributed by atoms with Gasteiger partial charge < -0.3 is 5.32 Å². The Kier molecular flexibility index (Phi) is 4.96. The van der Waals surface area contributed by atoms with Gasteiger partial charge in [-0.05, 0) is 25.8 Å². The molecule has 10 heteroatoms. The first-order valence-electron chi connectivity index (χ1n) is 8.64. The van der Waals surface area contributed by atoms with E-state index in [1.54, 1.807) is 15.9 Å². The molecule has 0 amide bonds. The summed E-state index contributed by atoms with van der Waals surface area (Å²) in [5.41, 5.74) is 0.712. The second-order valence-corrected chi connectivity index (χ2v) is 8.02. The number of anilines is 1. The van der Waals surface area contributed by atoms with E-state index in [1.165, 1.54) is 16.9 Å². The summed E-state index contributed by atoms with van der Waals surface area (Å²) < 4.78 is 17.1. The Balaban J connectivity index is 1.47. The van der Waals surface area contributed by atoms with Crippen LogP contribution in [0.2, 0.25) is 5.02 Å². The van der Waals surface area contributed by atoms with Gasteiger partial charge in [-0.15, -0.1) is 11.3 Å². The molecular formula is C17H18ClFN6OS. The summed E-state index contributed by atoms with van der Waals surface area (Å²) in [6.45, 7) is 2.84. The Bertz CT molecular complexity index is 1030. The standard InChI is InChI=1S/C17H18ClFN6OS/c1-10-21-13(9-27-10)8-25-17(26)24-5-4-12(2-3-15(24)23-25)22-16-14(19)6-11(18)7-20-16/h6-7,9,12H,2-5,8H2,1H3,(H,20,22). The minimum Gasteiger partial charge on any atom is -0.365 e. The molecule has 3 aromatic heterocycles. The van der Waals surface area contributed by atoms with Gasteiger partial charge >= 0.3 is 5.69 Å². The number of pyridine rings is 1. The van der Waals surface area contributed by atoms with Crippen LogP contribution in [0.15, 0.2) is 22.4 Å². The largest absolute Gasteiger partial charge is 0.365 e. The van der Waals surface area contributed by atoms with Crippen LogP contribution in [0.3, 0.4) is 0 Å². The molecule has 1 unspecified atom stereocenters. The Labute approximate surface area is 163 Å². The van der Waals surface area contributed by atoms with E-state index in [0.717, 1.165) is 22.9 Å². The summed E-state index contributed by atoms with van der Waals surface area (Å²) in [6, 6.07) is 1.24. The van der Waals surface area contributed by atoms with Gasteiger partial charge in [0.2, 0.25) is 0 Å². The molecule has 1 atom stereocenters. The predicted molar refractivity (Wildman–Crippen MR) is 102 cm³/mol. The SMILES string of the molecule is Cc1nc(Cn2nc3n(c2=O)CCC(Nc2ncc(Cl)cc2F)CC3)cs1. The molecule has 1 aliphatic rings. The van der Waals surface area contributed by atoms with Crippen LogP contribution in [0.4, 0.5) is 10.2 Å². The van der Waals surface area contributed by atoms with Crippen molar-refractivity contribution >= 4 is 28.8 Å². The van der Waals surface area contributed by atoms with Crippen molar-refractivity contribution in [1.82, 2.24) is 24.3 Å². The van der Waals surface area contributed by atoms with Gasteiger partial charge in [0.05, 0.1) is 22.3 Å². The Hall–Kier alpha value is -2.26. The number of thiazole rings is 1. The van der Waals surface area contributed by atoms with Gasteiger partial charge in [-0.1, -0.05) is 11.6 Å². The molecule has 0 spiro atoms. The van der Waals surface area contributed by atoms with Gasteiger partial charge in [0.1, 0.15) is 5.82 Å². The summed E-state index contributed by atoms with van der Waals surface area (Å²) in [6.07, 6.45) is 3.45. The average molecular weight is 409 g/mol. The van der Waals surface area contributed by atoms with E-state index in [0.29, 0.717) is 25.9 Å². The monoisotopic (exact) mass is 408 g/mol. The van der Waals surface area contributed by atoms with Crippen molar-refractivity contribution in [2.75, 3.05) is 5.32 Å². The van der Waals surface area contributed by atoms with Crippen LogP contribution in [0, 0.1) is 12.7 Å². The third kappa shape index (κ3) is 3.89. The quantitative estimate of drug-likeness (QED) is 0.718. The van der Waals surface area contributed by atoms with Crippen molar-refractivity contribution < 1.29 is 4.39 Å². The minimum atomic E-state index is -0.481. The van der Waals surface area contributed by atoms with Crippen molar-refractivity contribution in [3.63, 3.8) is 0 Å². The highest BCUT2D eigenvalue weighted by Gasteiger charge is 2.22. The molecule has 0 aliphatic carbocycles. The average Bonchev–Trinajstić information content (AvgIpc) is 3.09. The highest BCUT2D eigenvalue weighted by Crippen LogP contribution is 2.20. The van der Waals surface area contributed by atoms with Crippen LogP contribution in [-0.2, 0) is 19.5 Å². The zero-order valence-corrected chi connectivity index (χ0v) is 16.2. The number of hydrogen-bond acceptors (Lipinski definition) is 6. The summed E-state index contributed by atoms with van der Waals surface area (Å²) in [5.74, 6) is 0.450. The van der Waals surface area contributed by atoms with Crippen molar-refractivity contribution in [2.45, 2.75) is 45.3 Å². The molecule has 142 valence electrons. The first kappa shape index (κ1) is 18.1. The topological polar surface area (TPSA) is 77.6 Å². The van der Waals surface area contributed by atoms with Gasteiger partial charge in [-0.25, -0.2) is 23.8 Å². The van der Waals surface area contributed by atoms with E-state index < -0.39 is 5.82 Å². The zero-order chi connectivity index (χ0) is 19.0. The summed E-state index contributed by atoms with van der Waals surface area (Å²) in [7, 11) is 0. The molecule has 0 fully saturated rings. The lowest BCUT2D eigenvalue weighted by Gasteiger charge is -2.17. The number of nitrogens with one attached hydrogen (secondary N) is 1. The number of hydrogen-bond donors (Lipinski definition) is 1. The second-order valence-electron chi connectivity index (χ2n) is 6.52. The summed E-state index contributed by atoms with van der Waals surface area (Å²) >= 11 is 7.30. The molecule has 0 saturated carbocycles. The minimum absolute atomic E-state index is 0.00363. The molecule has 1 N–H and O–H groups in total. The van der Waals surface area contributed by atoms with Gasteiger partial charge in [-0.2, -0.15) is 5.10 Å². The number of rotatable bonds is 4. The molecule has 7 nitrogen and oxygen atoms in total. The van der Waals surface area contributed by atoms with E-state index in [2.05, 4.69) is 20.4 Å². The maximum absolute atomic E-state index is 14.0. The first-order valence-corrected chi connectivity index (χ1v) is 9.90. The molecule has 1 aliphatic heterocycles. The van der Waals surface area contributed by atoms with Gasteiger partial charge in [-0.3, -0.25) is 4.57 Å². The van der Waals surface area contributed by atoms with E-state index in [4.69, 9.17) is 11.6 Å². The fourth-order valence-corrected chi connectivity index (χ4v) is 3.97. The van der Waals surface area contributed by atoms with E-state index in [1.807, 2.05) is 12.3 Å². The zero-order valence-electron chi connectivity index (χ0n) is 14.7. The van der Waals surface area contributed by atoms with Crippen molar-refractivity contribution in [3.8, 4) is 0 Å². The predicted octanol–water partition coefficient (Wildman–Crippen LogP) is 2.86. The number of fused-ring (bicyclic) bond motifs is 1.